The summed E-state index contributed by atoms with van der Waals surface area (Å²) in [5.41, 5.74) is 1.45. The molecule has 0 saturated heterocycles. The summed E-state index contributed by atoms with van der Waals surface area (Å²) < 4.78 is 53.3. The van der Waals surface area contributed by atoms with E-state index in [-0.39, 0.29) is 21.4 Å². The molecule has 0 aromatic heterocycles. The van der Waals surface area contributed by atoms with Gasteiger partial charge in [-0.1, -0.05) is 49.2 Å². The molecule has 0 aliphatic carbocycles. The first-order chi connectivity index (χ1) is 12.3. The molecule has 0 unspecified atom stereocenters. The van der Waals surface area contributed by atoms with Crippen LogP contribution in [0, 0.1) is 6.92 Å². The molecule has 0 saturated carbocycles. The van der Waals surface area contributed by atoms with Crippen LogP contribution in [-0.2, 0) is 19.9 Å². The van der Waals surface area contributed by atoms with Gasteiger partial charge in [-0.3, -0.25) is 4.31 Å². The summed E-state index contributed by atoms with van der Waals surface area (Å²) in [4.78, 5) is 0.238. The van der Waals surface area contributed by atoms with Crippen LogP contribution in [-0.4, -0.2) is 27.7 Å². The van der Waals surface area contributed by atoms with Gasteiger partial charge in [0, 0.05) is 6.54 Å². The Morgan fingerprint density at radius 3 is 2.27 bits per heavy atom. The molecular weight excluding hydrogens is 370 g/mol. The minimum absolute atomic E-state index is 0.0891. The molecule has 0 N–H and O–H groups in total. The van der Waals surface area contributed by atoms with E-state index in [0.717, 1.165) is 16.3 Å². The van der Waals surface area contributed by atoms with Gasteiger partial charge in [-0.25, -0.2) is 16.8 Å². The molecule has 138 valence electrons. The van der Waals surface area contributed by atoms with E-state index in [1.54, 1.807) is 30.3 Å². The number of aryl methyl sites for hydroxylation is 1. The third kappa shape index (κ3) is 3.17. The van der Waals surface area contributed by atoms with Crippen molar-refractivity contribution < 1.29 is 16.8 Å². The summed E-state index contributed by atoms with van der Waals surface area (Å²) in [6.45, 7) is 3.92. The number of hydrogen-bond acceptors (Lipinski definition) is 4. The number of hydrogen-bond donors (Lipinski definition) is 0. The van der Waals surface area contributed by atoms with Crippen molar-refractivity contribution in [3.63, 3.8) is 0 Å². The lowest BCUT2D eigenvalue weighted by molar-refractivity contribution is 0.475. The topological polar surface area (TPSA) is 71.5 Å². The van der Waals surface area contributed by atoms with Crippen molar-refractivity contribution in [1.82, 2.24) is 4.31 Å². The molecule has 0 fully saturated rings. The van der Waals surface area contributed by atoms with E-state index in [4.69, 9.17) is 0 Å². The van der Waals surface area contributed by atoms with Gasteiger partial charge in [0.05, 0.1) is 9.79 Å². The average molecular weight is 392 g/mol. The fraction of sp³-hybridized carbons (Fsp3) is 0.263. The number of benzene rings is 2. The van der Waals surface area contributed by atoms with Gasteiger partial charge in [-0.05, 0) is 43.2 Å². The first-order valence-corrected chi connectivity index (χ1v) is 11.4. The average Bonchev–Trinajstić information content (AvgIpc) is 2.87. The predicted molar refractivity (Wildman–Crippen MR) is 102 cm³/mol. The SMILES string of the molecule is CCCCN(C1=Cc2ccccc2S1(=O)=O)S(=O)(=O)c1ccc(C)cc1. The lowest BCUT2D eigenvalue weighted by atomic mass is 10.2. The Hall–Kier alpha value is -2.12. The molecule has 1 heterocycles. The standard InChI is InChI=1S/C19H21NO4S2/c1-3-4-13-20(26(23,24)17-11-9-15(2)10-12-17)19-14-16-7-5-6-8-18(16)25(19,21)22/h5-12,14H,3-4,13H2,1-2H3. The second-order valence-electron chi connectivity index (χ2n) is 6.27. The Morgan fingerprint density at radius 1 is 1.00 bits per heavy atom. The Labute approximate surface area is 154 Å². The smallest absolute Gasteiger partial charge is 0.255 e. The molecule has 3 rings (SSSR count). The first-order valence-electron chi connectivity index (χ1n) is 8.43. The van der Waals surface area contributed by atoms with Crippen LogP contribution >= 0.6 is 0 Å². The third-order valence-electron chi connectivity index (χ3n) is 4.33. The Bertz CT molecular complexity index is 1050. The molecule has 1 aliphatic heterocycles. The molecule has 26 heavy (non-hydrogen) atoms. The second kappa shape index (κ2) is 6.89. The maximum absolute atomic E-state index is 13.2. The van der Waals surface area contributed by atoms with Crippen molar-refractivity contribution in [3.05, 3.63) is 64.7 Å². The maximum Gasteiger partial charge on any atom is 0.264 e. The van der Waals surface area contributed by atoms with E-state index in [0.29, 0.717) is 12.0 Å². The summed E-state index contributed by atoms with van der Waals surface area (Å²) in [6.07, 6.45) is 2.76. The van der Waals surface area contributed by atoms with Crippen LogP contribution in [0.3, 0.4) is 0 Å². The first kappa shape index (κ1) is 18.7. The molecule has 0 amide bonds. The minimum atomic E-state index is -3.98. The van der Waals surface area contributed by atoms with Crippen molar-refractivity contribution in [2.45, 2.75) is 36.5 Å². The number of unbranched alkanes of at least 4 members (excludes halogenated alkanes) is 1. The maximum atomic E-state index is 13.2. The van der Waals surface area contributed by atoms with Crippen molar-refractivity contribution in [2.75, 3.05) is 6.54 Å². The van der Waals surface area contributed by atoms with Crippen LogP contribution in [0.2, 0.25) is 0 Å². The lowest BCUT2D eigenvalue weighted by Gasteiger charge is -2.25. The molecule has 5 nitrogen and oxygen atoms in total. The highest BCUT2D eigenvalue weighted by molar-refractivity contribution is 7.97. The minimum Gasteiger partial charge on any atom is -0.255 e. The molecule has 1 aliphatic rings. The zero-order chi connectivity index (χ0) is 18.9. The Balaban J connectivity index is 2.12. The van der Waals surface area contributed by atoms with Gasteiger partial charge in [0.1, 0.15) is 5.03 Å². The van der Waals surface area contributed by atoms with Crippen molar-refractivity contribution in [3.8, 4) is 0 Å². The van der Waals surface area contributed by atoms with E-state index in [2.05, 4.69) is 0 Å². The van der Waals surface area contributed by atoms with E-state index in [9.17, 15) is 16.8 Å². The lowest BCUT2D eigenvalue weighted by Crippen LogP contribution is -2.33. The van der Waals surface area contributed by atoms with Gasteiger partial charge in [0.25, 0.3) is 10.0 Å². The van der Waals surface area contributed by atoms with Crippen LogP contribution in [0.25, 0.3) is 6.08 Å². The normalized spacial score (nSPS) is 15.4. The molecule has 7 heteroatoms. The molecule has 0 atom stereocenters. The second-order valence-corrected chi connectivity index (χ2v) is 9.99. The van der Waals surface area contributed by atoms with E-state index < -0.39 is 19.9 Å². The molecule has 0 radical (unpaired) electrons. The number of sulfonamides is 1. The van der Waals surface area contributed by atoms with Crippen LogP contribution in [0.5, 0.6) is 0 Å². The van der Waals surface area contributed by atoms with Crippen LogP contribution in [0.15, 0.2) is 63.4 Å². The highest BCUT2D eigenvalue weighted by Crippen LogP contribution is 2.37. The fourth-order valence-corrected chi connectivity index (χ4v) is 6.41. The molecule has 2 aromatic carbocycles. The summed E-state index contributed by atoms with van der Waals surface area (Å²) in [5.74, 6) is 0. The quantitative estimate of drug-likeness (QED) is 0.755. The number of sulfone groups is 1. The van der Waals surface area contributed by atoms with Crippen LogP contribution in [0.4, 0.5) is 0 Å². The largest absolute Gasteiger partial charge is 0.264 e. The van der Waals surface area contributed by atoms with E-state index in [1.165, 1.54) is 24.3 Å². The van der Waals surface area contributed by atoms with Gasteiger partial charge >= 0.3 is 0 Å². The van der Waals surface area contributed by atoms with Gasteiger partial charge in [0.15, 0.2) is 0 Å². The van der Waals surface area contributed by atoms with E-state index >= 15 is 0 Å². The number of nitrogens with zero attached hydrogens (tertiary/aromatic N) is 1. The molecule has 0 bridgehead atoms. The van der Waals surface area contributed by atoms with Gasteiger partial charge in [-0.15, -0.1) is 0 Å². The zero-order valence-electron chi connectivity index (χ0n) is 14.7. The van der Waals surface area contributed by atoms with E-state index in [1.807, 2.05) is 13.8 Å². The highest BCUT2D eigenvalue weighted by Gasteiger charge is 2.38. The van der Waals surface area contributed by atoms with Crippen LogP contribution < -0.4 is 0 Å². The summed E-state index contributed by atoms with van der Waals surface area (Å²) in [7, 11) is -7.84. The van der Waals surface area contributed by atoms with Crippen molar-refractivity contribution in [2.24, 2.45) is 0 Å². The van der Waals surface area contributed by atoms with Gasteiger partial charge in [-0.2, -0.15) is 0 Å². The zero-order valence-corrected chi connectivity index (χ0v) is 16.3. The van der Waals surface area contributed by atoms with Crippen LogP contribution in [0.1, 0.15) is 30.9 Å². The predicted octanol–water partition coefficient (Wildman–Crippen LogP) is 3.57. The Morgan fingerprint density at radius 2 is 1.65 bits per heavy atom. The molecular formula is C19H21NO4S2. The number of rotatable bonds is 6. The number of fused-ring (bicyclic) bond motifs is 1. The van der Waals surface area contributed by atoms with Gasteiger partial charge < -0.3 is 0 Å². The summed E-state index contributed by atoms with van der Waals surface area (Å²) in [6, 6.07) is 13.0. The van der Waals surface area contributed by atoms with Gasteiger partial charge in [0.2, 0.25) is 9.84 Å². The molecule has 0 spiro atoms. The monoisotopic (exact) mass is 391 g/mol. The third-order valence-corrected chi connectivity index (χ3v) is 8.12. The van der Waals surface area contributed by atoms with Crippen molar-refractivity contribution in [1.29, 1.82) is 0 Å². The summed E-state index contributed by atoms with van der Waals surface area (Å²) >= 11 is 0. The fourth-order valence-electron chi connectivity index (χ4n) is 2.86. The summed E-state index contributed by atoms with van der Waals surface area (Å²) in [5, 5.41) is -0.173. The van der Waals surface area contributed by atoms with Crippen molar-refractivity contribution >= 4 is 25.9 Å². The molecule has 2 aromatic rings. The Kier molecular flexibility index (Phi) is 4.94. The highest BCUT2D eigenvalue weighted by atomic mass is 32.2.